The summed E-state index contributed by atoms with van der Waals surface area (Å²) in [6.45, 7) is 4.17. The van der Waals surface area contributed by atoms with Crippen molar-refractivity contribution in [2.75, 3.05) is 0 Å². The number of furan rings is 1. The Hall–Kier alpha value is -1.29. The van der Waals surface area contributed by atoms with Gasteiger partial charge in [-0.05, 0) is 46.1 Å². The molecule has 2 rings (SSSR count). The van der Waals surface area contributed by atoms with Crippen molar-refractivity contribution in [1.29, 1.82) is 0 Å². The van der Waals surface area contributed by atoms with E-state index in [1.54, 1.807) is 24.3 Å². The number of ether oxygens (including phenoxy) is 1. The minimum atomic E-state index is -0.312. The van der Waals surface area contributed by atoms with Crippen molar-refractivity contribution in [1.82, 2.24) is 0 Å². The topological polar surface area (TPSA) is 39.4 Å². The van der Waals surface area contributed by atoms with Gasteiger partial charge in [0.25, 0.3) is 0 Å². The van der Waals surface area contributed by atoms with Crippen LogP contribution in [0.1, 0.15) is 26.0 Å². The smallest absolute Gasteiger partial charge is 0.343 e. The van der Waals surface area contributed by atoms with Gasteiger partial charge in [0.1, 0.15) is 11.5 Å². The van der Waals surface area contributed by atoms with Gasteiger partial charge < -0.3 is 9.15 Å². The van der Waals surface area contributed by atoms with Gasteiger partial charge in [0, 0.05) is 6.42 Å². The predicted molar refractivity (Wildman–Crippen MR) is 68.0 cm³/mol. The third-order valence-electron chi connectivity index (χ3n) is 2.28. The van der Waals surface area contributed by atoms with Gasteiger partial charge >= 0.3 is 5.97 Å². The van der Waals surface area contributed by atoms with Crippen LogP contribution in [0.25, 0.3) is 6.08 Å². The Morgan fingerprint density at radius 1 is 1.41 bits per heavy atom. The molecular weight excluding hydrogens is 284 g/mol. The minimum absolute atomic E-state index is 0.312. The maximum absolute atomic E-state index is 11.6. The lowest BCUT2D eigenvalue weighted by atomic mass is 10.1. The number of hydrogen-bond acceptors (Lipinski definition) is 3. The first-order chi connectivity index (χ1) is 8.04. The van der Waals surface area contributed by atoms with Gasteiger partial charge in [-0.25, -0.2) is 4.79 Å². The fourth-order valence-electron chi connectivity index (χ4n) is 1.60. The molecule has 90 valence electrons. The summed E-state index contributed by atoms with van der Waals surface area (Å²) in [6.07, 6.45) is 4.23. The van der Waals surface area contributed by atoms with Crippen LogP contribution in [-0.4, -0.2) is 5.97 Å². The number of hydrogen-bond donors (Lipinski definition) is 0. The van der Waals surface area contributed by atoms with E-state index in [4.69, 9.17) is 9.15 Å². The zero-order chi connectivity index (χ0) is 12.4. The molecule has 0 fully saturated rings. The van der Waals surface area contributed by atoms with Crippen LogP contribution in [0.4, 0.5) is 0 Å². The molecule has 0 radical (unpaired) electrons. The highest BCUT2D eigenvalue weighted by Crippen LogP contribution is 2.25. The van der Waals surface area contributed by atoms with Crippen LogP contribution in [0.3, 0.4) is 0 Å². The van der Waals surface area contributed by atoms with Gasteiger partial charge in [0.2, 0.25) is 0 Å². The zero-order valence-electron chi connectivity index (χ0n) is 9.70. The number of esters is 1. The highest BCUT2D eigenvalue weighted by atomic mass is 79.9. The number of rotatable bonds is 3. The average molecular weight is 297 g/mol. The Balaban J connectivity index is 2.18. The van der Waals surface area contributed by atoms with Gasteiger partial charge in [-0.15, -0.1) is 0 Å². The fraction of sp³-hybridized carbons (Fsp3) is 0.308. The van der Waals surface area contributed by atoms with Crippen molar-refractivity contribution in [3.63, 3.8) is 0 Å². The molecule has 0 N–H and O–H groups in total. The predicted octanol–water partition coefficient (Wildman–Crippen LogP) is 3.91. The maximum atomic E-state index is 11.6. The van der Waals surface area contributed by atoms with Crippen molar-refractivity contribution in [2.24, 2.45) is 5.92 Å². The molecule has 0 spiro atoms. The standard InChI is InChI=1S/C13H13BrO3/c1-8(2)5-11-7-9(13(15)17-11)6-10-3-4-12(14)16-10/h3-4,6-8H,5H2,1-2H3/b9-6-. The molecule has 0 saturated heterocycles. The molecule has 1 aromatic rings. The molecule has 2 heterocycles. The quantitative estimate of drug-likeness (QED) is 0.627. The largest absolute Gasteiger partial charge is 0.450 e. The van der Waals surface area contributed by atoms with Crippen LogP contribution in [0.5, 0.6) is 0 Å². The first-order valence-electron chi connectivity index (χ1n) is 5.44. The summed E-state index contributed by atoms with van der Waals surface area (Å²) in [7, 11) is 0. The molecule has 3 nitrogen and oxygen atoms in total. The second-order valence-electron chi connectivity index (χ2n) is 4.34. The van der Waals surface area contributed by atoms with Gasteiger partial charge in [-0.1, -0.05) is 13.8 Å². The van der Waals surface area contributed by atoms with Gasteiger partial charge in [-0.2, -0.15) is 0 Å². The van der Waals surface area contributed by atoms with E-state index in [1.807, 2.05) is 0 Å². The van der Waals surface area contributed by atoms with Gasteiger partial charge in [0.05, 0.1) is 5.57 Å². The Bertz CT molecular complexity index is 495. The number of cyclic esters (lactones) is 1. The van der Waals surface area contributed by atoms with Crippen molar-refractivity contribution in [3.8, 4) is 0 Å². The highest BCUT2D eigenvalue weighted by molar-refractivity contribution is 9.10. The summed E-state index contributed by atoms with van der Waals surface area (Å²) in [6, 6.07) is 3.57. The number of allylic oxidation sites excluding steroid dienone is 1. The molecule has 4 heteroatoms. The normalized spacial score (nSPS) is 17.8. The van der Waals surface area contributed by atoms with E-state index in [9.17, 15) is 4.79 Å². The SMILES string of the molecule is CC(C)CC1=C/C(=C/c2ccc(Br)o2)C(=O)O1. The van der Waals surface area contributed by atoms with E-state index in [-0.39, 0.29) is 5.97 Å². The second-order valence-corrected chi connectivity index (χ2v) is 5.12. The summed E-state index contributed by atoms with van der Waals surface area (Å²) >= 11 is 3.21. The van der Waals surface area contributed by atoms with Crippen LogP contribution in [0, 0.1) is 5.92 Å². The molecule has 0 aliphatic carbocycles. The second kappa shape index (κ2) is 4.92. The molecule has 1 aliphatic rings. The van der Waals surface area contributed by atoms with Crippen LogP contribution in [0.2, 0.25) is 0 Å². The lowest BCUT2D eigenvalue weighted by molar-refractivity contribution is -0.133. The molecule has 0 aromatic carbocycles. The first-order valence-corrected chi connectivity index (χ1v) is 6.23. The van der Waals surface area contributed by atoms with Crippen LogP contribution < -0.4 is 0 Å². The summed E-state index contributed by atoms with van der Waals surface area (Å²) in [5.41, 5.74) is 0.530. The lowest BCUT2D eigenvalue weighted by Gasteiger charge is -2.03. The van der Waals surface area contributed by atoms with E-state index in [0.717, 1.165) is 12.2 Å². The summed E-state index contributed by atoms with van der Waals surface area (Å²) in [5.74, 6) is 1.51. The first kappa shape index (κ1) is 12.2. The summed E-state index contributed by atoms with van der Waals surface area (Å²) in [5, 5.41) is 0. The van der Waals surface area contributed by atoms with Crippen LogP contribution in [0.15, 0.2) is 38.6 Å². The Kier molecular flexibility index (Phi) is 3.52. The lowest BCUT2D eigenvalue weighted by Crippen LogP contribution is -1.98. The Morgan fingerprint density at radius 3 is 2.76 bits per heavy atom. The van der Waals surface area contributed by atoms with Crippen molar-refractivity contribution in [2.45, 2.75) is 20.3 Å². The van der Waals surface area contributed by atoms with Crippen molar-refractivity contribution >= 4 is 28.0 Å². The van der Waals surface area contributed by atoms with E-state index in [2.05, 4.69) is 29.8 Å². The molecular formula is C13H13BrO3. The molecule has 0 amide bonds. The van der Waals surface area contributed by atoms with Crippen LogP contribution >= 0.6 is 15.9 Å². The zero-order valence-corrected chi connectivity index (χ0v) is 11.3. The third-order valence-corrected chi connectivity index (χ3v) is 2.70. The van der Waals surface area contributed by atoms with E-state index < -0.39 is 0 Å². The Labute approximate surface area is 108 Å². The maximum Gasteiger partial charge on any atom is 0.343 e. The number of carbonyl (C=O) groups excluding carboxylic acids is 1. The monoisotopic (exact) mass is 296 g/mol. The van der Waals surface area contributed by atoms with Gasteiger partial charge in [0.15, 0.2) is 4.67 Å². The average Bonchev–Trinajstić information content (AvgIpc) is 2.74. The van der Waals surface area contributed by atoms with Gasteiger partial charge in [-0.3, -0.25) is 0 Å². The molecule has 1 aliphatic heterocycles. The van der Waals surface area contributed by atoms with E-state index in [1.165, 1.54) is 0 Å². The Morgan fingerprint density at radius 2 is 2.18 bits per heavy atom. The molecule has 0 atom stereocenters. The summed E-state index contributed by atoms with van der Waals surface area (Å²) in [4.78, 5) is 11.6. The molecule has 0 unspecified atom stereocenters. The van der Waals surface area contributed by atoms with E-state index >= 15 is 0 Å². The molecule has 1 aromatic heterocycles. The van der Waals surface area contributed by atoms with Crippen LogP contribution in [-0.2, 0) is 9.53 Å². The minimum Gasteiger partial charge on any atom is -0.450 e. The van der Waals surface area contributed by atoms with E-state index in [0.29, 0.717) is 21.9 Å². The number of carbonyl (C=O) groups is 1. The third kappa shape index (κ3) is 3.09. The molecule has 17 heavy (non-hydrogen) atoms. The number of halogens is 1. The van der Waals surface area contributed by atoms with Crippen molar-refractivity contribution in [3.05, 3.63) is 40.0 Å². The highest BCUT2D eigenvalue weighted by Gasteiger charge is 2.21. The molecule has 0 saturated carbocycles. The molecule has 0 bridgehead atoms. The van der Waals surface area contributed by atoms with Crippen molar-refractivity contribution < 1.29 is 13.9 Å². The fourth-order valence-corrected chi connectivity index (χ4v) is 1.92. The summed E-state index contributed by atoms with van der Waals surface area (Å²) < 4.78 is 11.1.